The molecule has 0 atom stereocenters. The maximum atomic E-state index is 12.6. The Morgan fingerprint density at radius 2 is 1.50 bits per heavy atom. The van der Waals surface area contributed by atoms with Gasteiger partial charge in [-0.3, -0.25) is 5.32 Å². The molecule has 4 amide bonds. The predicted octanol–water partition coefficient (Wildman–Crippen LogP) is 3.00. The zero-order valence-corrected chi connectivity index (χ0v) is 17.0. The number of imide groups is 1. The van der Waals surface area contributed by atoms with Gasteiger partial charge in [-0.1, -0.05) is 17.7 Å². The van der Waals surface area contributed by atoms with Crippen molar-refractivity contribution in [3.63, 3.8) is 0 Å². The Labute approximate surface area is 165 Å². The van der Waals surface area contributed by atoms with E-state index in [-0.39, 0.29) is 11.7 Å². The topological polar surface area (TPSA) is 95.6 Å². The molecule has 4 saturated carbocycles. The summed E-state index contributed by atoms with van der Waals surface area (Å²) in [6.07, 6.45) is 6.84. The van der Waals surface area contributed by atoms with Crippen LogP contribution in [0, 0.1) is 30.6 Å². The third-order valence-electron chi connectivity index (χ3n) is 6.53. The first-order valence-corrected chi connectivity index (χ1v) is 11.7. The lowest BCUT2D eigenvalue weighted by Gasteiger charge is -2.54. The molecule has 5 rings (SSSR count). The average molecular weight is 406 g/mol. The fourth-order valence-electron chi connectivity index (χ4n) is 5.64. The van der Waals surface area contributed by atoms with E-state index in [0.29, 0.717) is 16.1 Å². The van der Waals surface area contributed by atoms with Crippen LogP contribution in [0.15, 0.2) is 24.3 Å². The normalized spacial score (nSPS) is 30.7. The Morgan fingerprint density at radius 1 is 0.964 bits per heavy atom. The SMILES string of the molecule is Cc1ccc(N(C(=O)NC(=O)NC2C3CC4CC(C3)CC2C4)S(C)(=O)=O)cc1. The number of carbonyl (C=O) groups excluding carboxylic acids is 2. The average Bonchev–Trinajstić information content (AvgIpc) is 2.58. The standard InChI is InChI=1S/C20H27N3O4S/c1-12-3-5-17(6-4-12)23(28(2,26)27)20(25)22-19(24)21-18-15-8-13-7-14(10-15)11-16(18)9-13/h3-6,13-16,18H,7-11H2,1-2H3,(H2,21,22,24,25). The summed E-state index contributed by atoms with van der Waals surface area (Å²) in [5.41, 5.74) is 1.14. The van der Waals surface area contributed by atoms with Gasteiger partial charge in [0.25, 0.3) is 0 Å². The minimum absolute atomic E-state index is 0.0756. The van der Waals surface area contributed by atoms with Gasteiger partial charge in [-0.25, -0.2) is 18.0 Å². The summed E-state index contributed by atoms with van der Waals surface area (Å²) in [5.74, 6) is 2.51. The van der Waals surface area contributed by atoms with Crippen molar-refractivity contribution in [1.29, 1.82) is 0 Å². The van der Waals surface area contributed by atoms with Gasteiger partial charge in [0.2, 0.25) is 10.0 Å². The molecular formula is C20H27N3O4S. The number of hydrogen-bond donors (Lipinski definition) is 2. The van der Waals surface area contributed by atoms with E-state index in [9.17, 15) is 18.0 Å². The van der Waals surface area contributed by atoms with Crippen LogP contribution >= 0.6 is 0 Å². The zero-order valence-electron chi connectivity index (χ0n) is 16.2. The van der Waals surface area contributed by atoms with Crippen molar-refractivity contribution >= 4 is 27.8 Å². The van der Waals surface area contributed by atoms with Gasteiger partial charge in [-0.05, 0) is 74.8 Å². The molecule has 4 aliphatic carbocycles. The third kappa shape index (κ3) is 3.74. The molecule has 0 saturated heterocycles. The van der Waals surface area contributed by atoms with E-state index in [2.05, 4.69) is 10.6 Å². The van der Waals surface area contributed by atoms with E-state index < -0.39 is 22.1 Å². The van der Waals surface area contributed by atoms with E-state index in [1.165, 1.54) is 6.42 Å². The molecule has 152 valence electrons. The number of hydrogen-bond acceptors (Lipinski definition) is 4. The van der Waals surface area contributed by atoms with Gasteiger partial charge in [0.15, 0.2) is 0 Å². The summed E-state index contributed by atoms with van der Waals surface area (Å²) in [5, 5.41) is 5.18. The smallest absolute Gasteiger partial charge is 0.334 e. The van der Waals surface area contributed by atoms with Crippen LogP contribution in [0.3, 0.4) is 0 Å². The second-order valence-electron chi connectivity index (χ2n) is 8.72. The molecule has 2 N–H and O–H groups in total. The number of anilines is 1. The highest BCUT2D eigenvalue weighted by molar-refractivity contribution is 7.92. The number of urea groups is 2. The minimum atomic E-state index is -3.88. The lowest BCUT2D eigenvalue weighted by Crippen LogP contribution is -2.59. The summed E-state index contributed by atoms with van der Waals surface area (Å²) in [6.45, 7) is 1.87. The molecular weight excluding hydrogens is 378 g/mol. The lowest BCUT2D eigenvalue weighted by molar-refractivity contribution is -0.00928. The number of sulfonamides is 1. The molecule has 7 nitrogen and oxygen atoms in total. The van der Waals surface area contributed by atoms with Crippen molar-refractivity contribution < 1.29 is 18.0 Å². The number of amides is 4. The van der Waals surface area contributed by atoms with Crippen molar-refractivity contribution in [3.05, 3.63) is 29.8 Å². The van der Waals surface area contributed by atoms with Crippen molar-refractivity contribution in [2.45, 2.75) is 45.1 Å². The number of nitrogens with zero attached hydrogens (tertiary/aromatic N) is 1. The largest absolute Gasteiger partial charge is 0.343 e. The summed E-state index contributed by atoms with van der Waals surface area (Å²) >= 11 is 0. The zero-order chi connectivity index (χ0) is 20.1. The fraction of sp³-hybridized carbons (Fsp3) is 0.600. The van der Waals surface area contributed by atoms with Crippen LogP contribution in [0.4, 0.5) is 15.3 Å². The van der Waals surface area contributed by atoms with Crippen LogP contribution in [-0.4, -0.2) is 32.8 Å². The number of benzene rings is 1. The van der Waals surface area contributed by atoms with Gasteiger partial charge in [0.05, 0.1) is 11.9 Å². The Hall–Kier alpha value is -2.09. The van der Waals surface area contributed by atoms with Gasteiger partial charge in [0, 0.05) is 6.04 Å². The number of carbonyl (C=O) groups is 2. The van der Waals surface area contributed by atoms with Crippen molar-refractivity contribution in [3.8, 4) is 0 Å². The highest BCUT2D eigenvalue weighted by atomic mass is 32.2. The molecule has 0 aliphatic heterocycles. The maximum absolute atomic E-state index is 12.6. The summed E-state index contributed by atoms with van der Waals surface area (Å²) in [6, 6.07) is 5.02. The van der Waals surface area contributed by atoms with E-state index in [1.54, 1.807) is 24.3 Å². The van der Waals surface area contributed by atoms with Crippen molar-refractivity contribution in [2.75, 3.05) is 10.6 Å². The van der Waals surface area contributed by atoms with Gasteiger partial charge < -0.3 is 5.32 Å². The molecule has 4 bridgehead atoms. The first-order valence-electron chi connectivity index (χ1n) is 9.89. The first kappa shape index (κ1) is 19.2. The second kappa shape index (κ2) is 7.06. The maximum Gasteiger partial charge on any atom is 0.343 e. The number of aryl methyl sites for hydroxylation is 1. The van der Waals surface area contributed by atoms with Crippen LogP contribution in [0.2, 0.25) is 0 Å². The number of nitrogens with one attached hydrogen (secondary N) is 2. The van der Waals surface area contributed by atoms with Gasteiger partial charge in [-0.2, -0.15) is 4.31 Å². The molecule has 4 aliphatic rings. The molecule has 28 heavy (non-hydrogen) atoms. The van der Waals surface area contributed by atoms with Crippen molar-refractivity contribution in [2.24, 2.45) is 23.7 Å². The third-order valence-corrected chi connectivity index (χ3v) is 7.57. The molecule has 0 radical (unpaired) electrons. The van der Waals surface area contributed by atoms with E-state index in [4.69, 9.17) is 0 Å². The van der Waals surface area contributed by atoms with E-state index in [1.807, 2.05) is 6.92 Å². The summed E-state index contributed by atoms with van der Waals surface area (Å²) in [7, 11) is -3.88. The molecule has 8 heteroatoms. The highest BCUT2D eigenvalue weighted by Crippen LogP contribution is 2.53. The minimum Gasteiger partial charge on any atom is -0.334 e. The molecule has 0 heterocycles. The molecule has 1 aromatic carbocycles. The highest BCUT2D eigenvalue weighted by Gasteiger charge is 2.48. The van der Waals surface area contributed by atoms with Crippen LogP contribution in [0.1, 0.15) is 37.7 Å². The van der Waals surface area contributed by atoms with Crippen LogP contribution in [0.25, 0.3) is 0 Å². The van der Waals surface area contributed by atoms with Crippen LogP contribution < -0.4 is 14.9 Å². The first-order chi connectivity index (χ1) is 13.2. The fourth-order valence-corrected chi connectivity index (χ4v) is 6.49. The summed E-state index contributed by atoms with van der Waals surface area (Å²) in [4.78, 5) is 25.1. The molecule has 1 aromatic rings. The Balaban J connectivity index is 1.44. The van der Waals surface area contributed by atoms with Crippen LogP contribution in [-0.2, 0) is 10.0 Å². The summed E-state index contributed by atoms with van der Waals surface area (Å²) < 4.78 is 25.0. The van der Waals surface area contributed by atoms with Gasteiger partial charge >= 0.3 is 12.1 Å². The Morgan fingerprint density at radius 3 is 2.00 bits per heavy atom. The molecule has 0 spiro atoms. The van der Waals surface area contributed by atoms with Gasteiger partial charge in [0.1, 0.15) is 0 Å². The van der Waals surface area contributed by atoms with Crippen molar-refractivity contribution in [1.82, 2.24) is 10.6 Å². The predicted molar refractivity (Wildman–Crippen MR) is 106 cm³/mol. The molecule has 4 fully saturated rings. The van der Waals surface area contributed by atoms with Crippen LogP contribution in [0.5, 0.6) is 0 Å². The van der Waals surface area contributed by atoms with E-state index >= 15 is 0 Å². The number of rotatable bonds is 3. The van der Waals surface area contributed by atoms with Gasteiger partial charge in [-0.15, -0.1) is 0 Å². The second-order valence-corrected chi connectivity index (χ2v) is 10.6. The quantitative estimate of drug-likeness (QED) is 0.808. The lowest BCUT2D eigenvalue weighted by atomic mass is 9.54. The monoisotopic (exact) mass is 405 g/mol. The molecule has 0 unspecified atom stereocenters. The Kier molecular flexibility index (Phi) is 4.85. The Bertz CT molecular complexity index is 853. The van der Waals surface area contributed by atoms with E-state index in [0.717, 1.165) is 49.3 Å². The molecule has 0 aromatic heterocycles.